The number of likely N-dealkylation sites (tertiary alicyclic amines) is 1. The second-order valence-electron chi connectivity index (χ2n) is 6.81. The van der Waals surface area contributed by atoms with Crippen molar-refractivity contribution in [2.24, 2.45) is 5.92 Å². The van der Waals surface area contributed by atoms with E-state index in [-0.39, 0.29) is 12.0 Å². The van der Waals surface area contributed by atoms with Crippen LogP contribution in [-0.2, 0) is 4.79 Å². The number of halogens is 2. The van der Waals surface area contributed by atoms with Gasteiger partial charge in [0, 0.05) is 0 Å². The van der Waals surface area contributed by atoms with Gasteiger partial charge in [-0.2, -0.15) is 0 Å². The van der Waals surface area contributed by atoms with Crippen molar-refractivity contribution in [2.75, 3.05) is 27.3 Å². The Kier molecular flexibility index (Phi) is 6.70. The zero-order chi connectivity index (χ0) is 20.3. The maximum Gasteiger partial charge on any atom is 0.306 e. The first-order valence-electron chi connectivity index (χ1n) is 9.09. The first-order valence-corrected chi connectivity index (χ1v) is 9.84. The number of ether oxygens (including phenoxy) is 2. The molecule has 3 rings (SSSR count). The number of hydrogen-bond acceptors (Lipinski definition) is 4. The Morgan fingerprint density at radius 2 is 1.79 bits per heavy atom. The largest absolute Gasteiger partial charge is 0.493 e. The Labute approximate surface area is 174 Å². The van der Waals surface area contributed by atoms with Gasteiger partial charge in [0.05, 0.1) is 36.2 Å². The number of carboxylic acids is 1. The van der Waals surface area contributed by atoms with Crippen LogP contribution >= 0.6 is 23.2 Å². The molecule has 0 aromatic heterocycles. The van der Waals surface area contributed by atoms with Crippen LogP contribution in [0.25, 0.3) is 0 Å². The van der Waals surface area contributed by atoms with Crippen LogP contribution in [0.15, 0.2) is 36.4 Å². The third-order valence-electron chi connectivity index (χ3n) is 5.24. The third kappa shape index (κ3) is 4.22. The minimum Gasteiger partial charge on any atom is -0.493 e. The van der Waals surface area contributed by atoms with Gasteiger partial charge in [-0.25, -0.2) is 0 Å². The fourth-order valence-corrected chi connectivity index (χ4v) is 4.16. The van der Waals surface area contributed by atoms with Crippen LogP contribution in [0.5, 0.6) is 11.5 Å². The van der Waals surface area contributed by atoms with E-state index < -0.39 is 5.97 Å². The predicted octanol–water partition coefficient (Wildman–Crippen LogP) is 4.90. The number of aliphatic carboxylic acids is 1. The van der Waals surface area contributed by atoms with Gasteiger partial charge in [-0.1, -0.05) is 41.4 Å². The maximum absolute atomic E-state index is 11.3. The van der Waals surface area contributed by atoms with Crippen molar-refractivity contribution in [3.05, 3.63) is 57.6 Å². The normalized spacial score (nSPS) is 16.6. The molecule has 1 unspecified atom stereocenters. The lowest BCUT2D eigenvalue weighted by Crippen LogP contribution is -2.39. The molecule has 1 fully saturated rings. The van der Waals surface area contributed by atoms with Crippen LogP contribution in [0.2, 0.25) is 10.0 Å². The van der Waals surface area contributed by atoms with Crippen molar-refractivity contribution in [3.8, 4) is 11.5 Å². The van der Waals surface area contributed by atoms with Gasteiger partial charge in [0.2, 0.25) is 0 Å². The molecule has 0 amide bonds. The van der Waals surface area contributed by atoms with Crippen molar-refractivity contribution >= 4 is 29.2 Å². The smallest absolute Gasteiger partial charge is 0.306 e. The molecule has 2 aromatic rings. The SMILES string of the molecule is COc1ccc(C(c2cccc(Cl)c2Cl)N2CCC(C(=O)O)CC2)cc1OC. The van der Waals surface area contributed by atoms with Crippen LogP contribution in [0.1, 0.15) is 30.0 Å². The second kappa shape index (κ2) is 9.03. The molecule has 0 bridgehead atoms. The number of rotatable bonds is 6. The molecular formula is C21H23Cl2NO4. The summed E-state index contributed by atoms with van der Waals surface area (Å²) in [6.45, 7) is 1.30. The molecule has 150 valence electrons. The molecule has 0 aliphatic carbocycles. The molecule has 1 atom stereocenters. The average molecular weight is 424 g/mol. The van der Waals surface area contributed by atoms with Gasteiger partial charge in [-0.05, 0) is 55.3 Å². The van der Waals surface area contributed by atoms with E-state index in [0.717, 1.165) is 11.1 Å². The molecular weight excluding hydrogens is 401 g/mol. The van der Waals surface area contributed by atoms with Gasteiger partial charge >= 0.3 is 5.97 Å². The van der Waals surface area contributed by atoms with Gasteiger partial charge in [-0.3, -0.25) is 9.69 Å². The number of methoxy groups -OCH3 is 2. The highest BCUT2D eigenvalue weighted by atomic mass is 35.5. The van der Waals surface area contributed by atoms with Crippen LogP contribution < -0.4 is 9.47 Å². The predicted molar refractivity (Wildman–Crippen MR) is 110 cm³/mol. The number of carboxylic acid groups (broad SMARTS) is 1. The quantitative estimate of drug-likeness (QED) is 0.715. The van der Waals surface area contributed by atoms with Gasteiger partial charge < -0.3 is 14.6 Å². The Morgan fingerprint density at radius 1 is 1.11 bits per heavy atom. The third-order valence-corrected chi connectivity index (χ3v) is 6.08. The number of hydrogen-bond donors (Lipinski definition) is 1. The molecule has 1 aliphatic heterocycles. The van der Waals surface area contributed by atoms with E-state index >= 15 is 0 Å². The molecule has 0 radical (unpaired) electrons. The number of carbonyl (C=O) groups is 1. The maximum atomic E-state index is 11.3. The van der Waals surface area contributed by atoms with E-state index in [0.29, 0.717) is 47.5 Å². The Hall–Kier alpha value is -1.95. The Morgan fingerprint density at radius 3 is 2.39 bits per heavy atom. The molecule has 1 aliphatic rings. The summed E-state index contributed by atoms with van der Waals surface area (Å²) >= 11 is 12.8. The minimum absolute atomic E-state index is 0.166. The molecule has 1 heterocycles. The topological polar surface area (TPSA) is 59.0 Å². The van der Waals surface area contributed by atoms with Crippen molar-refractivity contribution in [2.45, 2.75) is 18.9 Å². The molecule has 1 saturated heterocycles. The molecule has 0 saturated carbocycles. The van der Waals surface area contributed by atoms with E-state index in [9.17, 15) is 9.90 Å². The average Bonchev–Trinajstić information content (AvgIpc) is 2.71. The summed E-state index contributed by atoms with van der Waals surface area (Å²) in [5.74, 6) is 0.232. The second-order valence-corrected chi connectivity index (χ2v) is 7.59. The Bertz CT molecular complexity index is 850. The summed E-state index contributed by atoms with van der Waals surface area (Å²) < 4.78 is 10.8. The summed E-state index contributed by atoms with van der Waals surface area (Å²) in [7, 11) is 3.20. The van der Waals surface area contributed by atoms with E-state index in [1.165, 1.54) is 0 Å². The summed E-state index contributed by atoms with van der Waals surface area (Å²) in [6.07, 6.45) is 1.19. The van der Waals surface area contributed by atoms with Crippen molar-refractivity contribution in [3.63, 3.8) is 0 Å². The van der Waals surface area contributed by atoms with Gasteiger partial charge in [0.15, 0.2) is 11.5 Å². The van der Waals surface area contributed by atoms with Crippen LogP contribution in [0, 0.1) is 5.92 Å². The number of piperidine rings is 1. The van der Waals surface area contributed by atoms with Crippen molar-refractivity contribution in [1.82, 2.24) is 4.90 Å². The summed E-state index contributed by atoms with van der Waals surface area (Å²) in [5.41, 5.74) is 1.87. The summed E-state index contributed by atoms with van der Waals surface area (Å²) in [5, 5.41) is 10.3. The molecule has 0 spiro atoms. The van der Waals surface area contributed by atoms with Gasteiger partial charge in [0.25, 0.3) is 0 Å². The lowest BCUT2D eigenvalue weighted by atomic mass is 9.91. The number of benzene rings is 2. The van der Waals surface area contributed by atoms with Gasteiger partial charge in [0.1, 0.15) is 0 Å². The lowest BCUT2D eigenvalue weighted by Gasteiger charge is -2.37. The standard InChI is InChI=1S/C21H23Cl2NO4/c1-27-17-7-6-14(12-18(17)28-2)20(15-4-3-5-16(22)19(15)23)24-10-8-13(9-11-24)21(25)26/h3-7,12-13,20H,8-11H2,1-2H3,(H,25,26). The van der Waals surface area contributed by atoms with Crippen LogP contribution in [0.3, 0.4) is 0 Å². The van der Waals surface area contributed by atoms with E-state index in [4.69, 9.17) is 32.7 Å². The van der Waals surface area contributed by atoms with Crippen molar-refractivity contribution in [1.29, 1.82) is 0 Å². The van der Waals surface area contributed by atoms with Crippen molar-refractivity contribution < 1.29 is 19.4 Å². The molecule has 2 aromatic carbocycles. The number of nitrogens with zero attached hydrogens (tertiary/aromatic N) is 1. The summed E-state index contributed by atoms with van der Waals surface area (Å²) in [6, 6.07) is 11.2. The summed E-state index contributed by atoms with van der Waals surface area (Å²) in [4.78, 5) is 13.6. The first kappa shape index (κ1) is 20.8. The molecule has 1 N–H and O–H groups in total. The Balaban J connectivity index is 2.03. The monoisotopic (exact) mass is 423 g/mol. The lowest BCUT2D eigenvalue weighted by molar-refractivity contribution is -0.143. The van der Waals surface area contributed by atoms with E-state index in [1.807, 2.05) is 30.3 Å². The van der Waals surface area contributed by atoms with E-state index in [2.05, 4.69) is 4.90 Å². The fraction of sp³-hybridized carbons (Fsp3) is 0.381. The van der Waals surface area contributed by atoms with Gasteiger partial charge in [-0.15, -0.1) is 0 Å². The van der Waals surface area contributed by atoms with E-state index in [1.54, 1.807) is 20.3 Å². The highest BCUT2D eigenvalue weighted by molar-refractivity contribution is 6.42. The van der Waals surface area contributed by atoms with Crippen LogP contribution in [-0.4, -0.2) is 43.3 Å². The minimum atomic E-state index is -0.733. The zero-order valence-electron chi connectivity index (χ0n) is 15.8. The fourth-order valence-electron chi connectivity index (χ4n) is 3.75. The molecule has 7 heteroatoms. The van der Waals surface area contributed by atoms with Crippen LogP contribution in [0.4, 0.5) is 0 Å². The highest BCUT2D eigenvalue weighted by Gasteiger charge is 2.32. The molecule has 5 nitrogen and oxygen atoms in total. The molecule has 28 heavy (non-hydrogen) atoms. The zero-order valence-corrected chi connectivity index (χ0v) is 17.3. The highest BCUT2D eigenvalue weighted by Crippen LogP contribution is 2.41. The first-order chi connectivity index (χ1) is 13.5.